The first kappa shape index (κ1) is 32.0. The fraction of sp³-hybridized carbons (Fsp3) is 0.308. The highest BCUT2D eigenvalue weighted by atomic mass is 19.1. The van der Waals surface area contributed by atoms with E-state index in [-0.39, 0.29) is 42.7 Å². The number of pyridine rings is 1. The van der Waals surface area contributed by atoms with Crippen molar-refractivity contribution in [3.63, 3.8) is 0 Å². The number of rotatable bonds is 6. The van der Waals surface area contributed by atoms with Crippen LogP contribution >= 0.6 is 0 Å². The number of anilines is 3. The molecule has 1 saturated carbocycles. The number of fused-ring (bicyclic) bond motifs is 2. The van der Waals surface area contributed by atoms with E-state index in [0.29, 0.717) is 43.0 Å². The van der Waals surface area contributed by atoms with E-state index in [1.54, 1.807) is 30.5 Å². The number of piperazine rings is 1. The summed E-state index contributed by atoms with van der Waals surface area (Å²) in [6.07, 6.45) is 3.83. The first-order valence-electron chi connectivity index (χ1n) is 17.7. The fourth-order valence-corrected chi connectivity index (χ4v) is 8.09. The van der Waals surface area contributed by atoms with Crippen LogP contribution < -0.4 is 14.7 Å². The van der Waals surface area contributed by atoms with Crippen LogP contribution in [0.15, 0.2) is 79.0 Å². The molecule has 0 spiro atoms. The van der Waals surface area contributed by atoms with Gasteiger partial charge in [-0.3, -0.25) is 24.1 Å². The minimum Gasteiger partial charge on any atom is -0.368 e. The Kier molecular flexibility index (Phi) is 7.78. The number of imidazole rings is 1. The second kappa shape index (κ2) is 12.7. The van der Waals surface area contributed by atoms with Gasteiger partial charge in [-0.1, -0.05) is 18.2 Å². The zero-order chi connectivity index (χ0) is 35.5. The van der Waals surface area contributed by atoms with Crippen LogP contribution in [0.1, 0.15) is 64.4 Å². The number of amides is 2. The molecule has 6 heterocycles. The first-order valence-corrected chi connectivity index (χ1v) is 17.7. The lowest BCUT2D eigenvalue weighted by atomic mass is 9.92. The van der Waals surface area contributed by atoms with Crippen LogP contribution in [0, 0.1) is 5.82 Å². The number of Topliss-reactive ketones (excluding diaryl/α,β-unsaturated/α-hetero) is 2. The second-order valence-corrected chi connectivity index (χ2v) is 13.8. The number of imide groups is 1. The number of benzene rings is 2. The number of carbonyl (C=O) groups excluding carboxylic acids is 4. The molecule has 2 amide bonds. The molecule has 0 N–H and O–H groups in total. The quantitative estimate of drug-likeness (QED) is 0.179. The molecular formula is C39H35FN8O4. The molecule has 13 heteroatoms. The SMILES string of the molecule is O=C1CCC(N2C(=O)c3ccc(N4CCN(c5cccc(-c6cnc7ccc(N8CCC[C@@H]8c8cccc(F)c8)nn67)n5)CC4)cc3C2=O)C(=O)C1. The van der Waals surface area contributed by atoms with Crippen molar-refractivity contribution in [2.45, 2.75) is 44.2 Å². The molecule has 262 valence electrons. The summed E-state index contributed by atoms with van der Waals surface area (Å²) in [5.74, 6) is -0.0916. The van der Waals surface area contributed by atoms with Gasteiger partial charge in [0, 0.05) is 44.8 Å². The van der Waals surface area contributed by atoms with E-state index < -0.39 is 17.9 Å². The van der Waals surface area contributed by atoms with E-state index in [0.717, 1.165) is 58.6 Å². The smallest absolute Gasteiger partial charge is 0.262 e. The number of hydrogen-bond acceptors (Lipinski definition) is 10. The van der Waals surface area contributed by atoms with Gasteiger partial charge in [0.05, 0.1) is 41.5 Å². The maximum atomic E-state index is 14.1. The summed E-state index contributed by atoms with van der Waals surface area (Å²) in [5, 5.41) is 5.00. The Balaban J connectivity index is 0.906. The van der Waals surface area contributed by atoms with Gasteiger partial charge in [-0.2, -0.15) is 0 Å². The molecule has 1 aliphatic carbocycles. The molecule has 9 rings (SSSR count). The third-order valence-corrected chi connectivity index (χ3v) is 10.7. The molecule has 0 radical (unpaired) electrons. The zero-order valence-electron chi connectivity index (χ0n) is 28.3. The summed E-state index contributed by atoms with van der Waals surface area (Å²) in [5.41, 5.74) is 4.58. The van der Waals surface area contributed by atoms with Gasteiger partial charge in [-0.25, -0.2) is 18.9 Å². The summed E-state index contributed by atoms with van der Waals surface area (Å²) in [7, 11) is 0. The number of ketones is 2. The predicted molar refractivity (Wildman–Crippen MR) is 191 cm³/mol. The average molecular weight is 699 g/mol. The molecule has 2 aromatic carbocycles. The van der Waals surface area contributed by atoms with Crippen LogP contribution in [0.3, 0.4) is 0 Å². The summed E-state index contributed by atoms with van der Waals surface area (Å²) in [4.78, 5) is 68.2. The summed E-state index contributed by atoms with van der Waals surface area (Å²) >= 11 is 0. The Hall–Kier alpha value is -5.98. The van der Waals surface area contributed by atoms with Gasteiger partial charge in [0.15, 0.2) is 11.4 Å². The molecule has 2 saturated heterocycles. The number of nitrogens with zero attached hydrogens (tertiary/aromatic N) is 8. The minimum atomic E-state index is -0.886. The average Bonchev–Trinajstić information content (AvgIpc) is 3.88. The third-order valence-electron chi connectivity index (χ3n) is 10.7. The molecule has 4 aliphatic rings. The highest BCUT2D eigenvalue weighted by Gasteiger charge is 2.44. The van der Waals surface area contributed by atoms with Crippen molar-refractivity contribution >= 4 is 46.4 Å². The Bertz CT molecular complexity index is 2280. The Morgan fingerprint density at radius 3 is 2.37 bits per heavy atom. The van der Waals surface area contributed by atoms with Gasteiger partial charge in [0.25, 0.3) is 11.8 Å². The van der Waals surface area contributed by atoms with Gasteiger partial charge in [0.1, 0.15) is 28.9 Å². The van der Waals surface area contributed by atoms with Gasteiger partial charge in [-0.05, 0) is 79.4 Å². The van der Waals surface area contributed by atoms with Crippen LogP contribution in [0.4, 0.5) is 21.7 Å². The van der Waals surface area contributed by atoms with E-state index in [9.17, 15) is 23.6 Å². The molecule has 12 nitrogen and oxygen atoms in total. The largest absolute Gasteiger partial charge is 0.368 e. The summed E-state index contributed by atoms with van der Waals surface area (Å²) < 4.78 is 15.9. The lowest BCUT2D eigenvalue weighted by Gasteiger charge is -2.37. The van der Waals surface area contributed by atoms with E-state index in [1.807, 2.05) is 47.0 Å². The number of halogens is 1. The van der Waals surface area contributed by atoms with Crippen LogP contribution in [0.25, 0.3) is 17.0 Å². The highest BCUT2D eigenvalue weighted by Crippen LogP contribution is 2.36. The normalized spacial score (nSPS) is 20.8. The van der Waals surface area contributed by atoms with Crippen molar-refractivity contribution in [2.24, 2.45) is 0 Å². The van der Waals surface area contributed by atoms with Crippen molar-refractivity contribution in [3.8, 4) is 11.4 Å². The monoisotopic (exact) mass is 698 g/mol. The molecule has 2 atom stereocenters. The highest BCUT2D eigenvalue weighted by molar-refractivity contribution is 6.24. The van der Waals surface area contributed by atoms with Crippen molar-refractivity contribution < 1.29 is 23.6 Å². The van der Waals surface area contributed by atoms with Crippen LogP contribution in [0.5, 0.6) is 0 Å². The molecule has 0 bridgehead atoms. The Labute approximate surface area is 298 Å². The van der Waals surface area contributed by atoms with E-state index in [4.69, 9.17) is 10.1 Å². The van der Waals surface area contributed by atoms with Crippen molar-refractivity contribution in [1.29, 1.82) is 0 Å². The van der Waals surface area contributed by atoms with Crippen LogP contribution in [-0.2, 0) is 9.59 Å². The topological polar surface area (TPSA) is 124 Å². The van der Waals surface area contributed by atoms with Crippen molar-refractivity contribution in [1.82, 2.24) is 24.5 Å². The first-order chi connectivity index (χ1) is 25.3. The number of hydrogen-bond donors (Lipinski definition) is 0. The number of aromatic nitrogens is 4. The van der Waals surface area contributed by atoms with Gasteiger partial charge in [0.2, 0.25) is 0 Å². The molecule has 5 aromatic rings. The maximum Gasteiger partial charge on any atom is 0.262 e. The zero-order valence-corrected chi connectivity index (χ0v) is 28.3. The molecule has 3 fully saturated rings. The van der Waals surface area contributed by atoms with Crippen LogP contribution in [-0.4, -0.2) is 86.6 Å². The maximum absolute atomic E-state index is 14.1. The molecule has 3 aromatic heterocycles. The predicted octanol–water partition coefficient (Wildman–Crippen LogP) is 4.89. The molecule has 1 unspecified atom stereocenters. The standard InChI is InChI=1S/C39H35FN8O4/c40-25-5-1-4-24(20-25)31-7-3-15-46(31)37-14-13-35-41-23-33(48(35)43-37)30-6-2-8-36(42-30)45-18-16-44(17-19-45)26-9-11-28-29(21-26)39(52)47(38(28)51)32-12-10-27(49)22-34(32)50/h1-2,4-6,8-9,11,13-14,20-21,23,31-32H,3,7,10,12,15-19,22H2/t31-,32?/m1/s1. The third kappa shape index (κ3) is 5.47. The van der Waals surface area contributed by atoms with E-state index in [1.165, 1.54) is 6.07 Å². The van der Waals surface area contributed by atoms with Gasteiger partial charge >= 0.3 is 0 Å². The Morgan fingerprint density at radius 2 is 1.54 bits per heavy atom. The molecule has 3 aliphatic heterocycles. The van der Waals surface area contributed by atoms with Gasteiger partial charge in [-0.15, -0.1) is 5.10 Å². The van der Waals surface area contributed by atoms with Crippen molar-refractivity contribution in [3.05, 3.63) is 102 Å². The van der Waals surface area contributed by atoms with Crippen LogP contribution in [0.2, 0.25) is 0 Å². The minimum absolute atomic E-state index is 0.0440. The van der Waals surface area contributed by atoms with Gasteiger partial charge < -0.3 is 14.7 Å². The Morgan fingerprint density at radius 1 is 0.731 bits per heavy atom. The summed E-state index contributed by atoms with van der Waals surface area (Å²) in [6, 6.07) is 21.1. The lowest BCUT2D eigenvalue weighted by molar-refractivity contribution is -0.132. The van der Waals surface area contributed by atoms with Crippen molar-refractivity contribution in [2.75, 3.05) is 47.4 Å². The van der Waals surface area contributed by atoms with E-state index >= 15 is 0 Å². The van der Waals surface area contributed by atoms with E-state index in [2.05, 4.69) is 19.7 Å². The number of carbonyl (C=O) groups is 4. The lowest BCUT2D eigenvalue weighted by Crippen LogP contribution is -2.47. The second-order valence-electron chi connectivity index (χ2n) is 13.8. The molecular weight excluding hydrogens is 663 g/mol. The summed E-state index contributed by atoms with van der Waals surface area (Å²) in [6.45, 7) is 3.53. The fourth-order valence-electron chi connectivity index (χ4n) is 8.09. The molecule has 52 heavy (non-hydrogen) atoms.